The predicted molar refractivity (Wildman–Crippen MR) is 66.5 cm³/mol. The molecule has 19 heavy (non-hydrogen) atoms. The summed E-state index contributed by atoms with van der Waals surface area (Å²) in [5.41, 5.74) is 0.519. The van der Waals surface area contributed by atoms with Gasteiger partial charge in [-0.3, -0.25) is 9.59 Å². The Kier molecular flexibility index (Phi) is 5.89. The lowest BCUT2D eigenvalue weighted by molar-refractivity contribution is -0.137. The van der Waals surface area contributed by atoms with E-state index >= 15 is 0 Å². The third kappa shape index (κ3) is 6.07. The molecule has 100 valence electrons. The summed E-state index contributed by atoms with van der Waals surface area (Å²) < 4.78 is 5.21. The number of hydrogen-bond acceptors (Lipinski definition) is 4. The van der Waals surface area contributed by atoms with E-state index in [2.05, 4.69) is 5.32 Å². The van der Waals surface area contributed by atoms with Crippen LogP contribution in [0.5, 0.6) is 5.75 Å². The second-order valence-electron chi connectivity index (χ2n) is 3.77. The van der Waals surface area contributed by atoms with E-state index in [-0.39, 0.29) is 18.9 Å². The summed E-state index contributed by atoms with van der Waals surface area (Å²) in [5, 5.41) is 19.6. The number of carboxylic acids is 1. The van der Waals surface area contributed by atoms with Crippen molar-refractivity contribution in [1.29, 1.82) is 5.26 Å². The van der Waals surface area contributed by atoms with Crippen molar-refractivity contribution in [2.45, 2.75) is 12.8 Å². The highest BCUT2D eigenvalue weighted by molar-refractivity contribution is 5.77. The van der Waals surface area contributed by atoms with Crippen molar-refractivity contribution >= 4 is 11.9 Å². The number of aliphatic carboxylic acids is 1. The summed E-state index contributed by atoms with van der Waals surface area (Å²) in [5.74, 6) is -0.697. The molecule has 0 saturated carbocycles. The summed E-state index contributed by atoms with van der Waals surface area (Å²) >= 11 is 0. The van der Waals surface area contributed by atoms with Crippen molar-refractivity contribution in [2.24, 2.45) is 0 Å². The SMILES string of the molecule is N#Cc1ccc(OCC(=O)NCCCC(=O)O)cc1. The zero-order valence-electron chi connectivity index (χ0n) is 10.3. The summed E-state index contributed by atoms with van der Waals surface area (Å²) in [6, 6.07) is 8.39. The number of nitrogens with zero attached hydrogens (tertiary/aromatic N) is 1. The number of carbonyl (C=O) groups excluding carboxylic acids is 1. The monoisotopic (exact) mass is 262 g/mol. The van der Waals surface area contributed by atoms with E-state index in [1.54, 1.807) is 24.3 Å². The molecule has 2 N–H and O–H groups in total. The number of carbonyl (C=O) groups is 2. The molecule has 0 unspecified atom stereocenters. The second kappa shape index (κ2) is 7.71. The first-order valence-electron chi connectivity index (χ1n) is 5.73. The van der Waals surface area contributed by atoms with E-state index in [0.29, 0.717) is 24.3 Å². The van der Waals surface area contributed by atoms with Crippen LogP contribution in [0.2, 0.25) is 0 Å². The van der Waals surface area contributed by atoms with Crippen LogP contribution >= 0.6 is 0 Å². The minimum atomic E-state index is -0.886. The molecular formula is C13H14N2O4. The zero-order valence-corrected chi connectivity index (χ0v) is 10.3. The number of carboxylic acid groups (broad SMARTS) is 1. The Balaban J connectivity index is 2.22. The Hall–Kier alpha value is -2.55. The Morgan fingerprint density at radius 3 is 2.58 bits per heavy atom. The van der Waals surface area contributed by atoms with Crippen LogP contribution in [0.1, 0.15) is 18.4 Å². The minimum absolute atomic E-state index is 0.0246. The predicted octanol–water partition coefficient (Wildman–Crippen LogP) is 0.918. The number of amides is 1. The topological polar surface area (TPSA) is 99.4 Å². The van der Waals surface area contributed by atoms with Crippen molar-refractivity contribution < 1.29 is 19.4 Å². The van der Waals surface area contributed by atoms with Gasteiger partial charge in [-0.05, 0) is 30.7 Å². The molecule has 6 heteroatoms. The standard InChI is InChI=1S/C13H14N2O4/c14-8-10-3-5-11(6-4-10)19-9-12(16)15-7-1-2-13(17)18/h3-6H,1-2,7,9H2,(H,15,16)(H,17,18). The van der Waals surface area contributed by atoms with Crippen molar-refractivity contribution in [3.63, 3.8) is 0 Å². The van der Waals surface area contributed by atoms with Gasteiger partial charge in [-0.1, -0.05) is 0 Å². The molecule has 0 aliphatic rings. The first-order chi connectivity index (χ1) is 9.11. The first-order valence-corrected chi connectivity index (χ1v) is 5.73. The molecule has 1 aromatic carbocycles. The molecule has 0 aliphatic carbocycles. The van der Waals surface area contributed by atoms with E-state index < -0.39 is 5.97 Å². The van der Waals surface area contributed by atoms with Gasteiger partial charge in [0.15, 0.2) is 6.61 Å². The van der Waals surface area contributed by atoms with Crippen LogP contribution in [0.4, 0.5) is 0 Å². The van der Waals surface area contributed by atoms with Gasteiger partial charge in [0.2, 0.25) is 0 Å². The summed E-state index contributed by atoms with van der Waals surface area (Å²) in [7, 11) is 0. The third-order valence-electron chi connectivity index (χ3n) is 2.24. The fourth-order valence-electron chi connectivity index (χ4n) is 1.29. The van der Waals surface area contributed by atoms with Gasteiger partial charge >= 0.3 is 5.97 Å². The van der Waals surface area contributed by atoms with Crippen LogP contribution in [-0.4, -0.2) is 30.1 Å². The molecule has 1 rings (SSSR count). The van der Waals surface area contributed by atoms with E-state index in [9.17, 15) is 9.59 Å². The van der Waals surface area contributed by atoms with Crippen LogP contribution in [0.25, 0.3) is 0 Å². The Bertz CT molecular complexity index is 476. The number of nitrogens with one attached hydrogen (secondary N) is 1. The Labute approximate surface area is 110 Å². The van der Waals surface area contributed by atoms with Crippen LogP contribution in [0, 0.1) is 11.3 Å². The lowest BCUT2D eigenvalue weighted by atomic mass is 10.2. The van der Waals surface area contributed by atoms with Crippen LogP contribution in [0.15, 0.2) is 24.3 Å². The molecule has 0 atom stereocenters. The van der Waals surface area contributed by atoms with E-state index in [4.69, 9.17) is 15.1 Å². The highest BCUT2D eigenvalue weighted by Crippen LogP contribution is 2.11. The fourth-order valence-corrected chi connectivity index (χ4v) is 1.29. The molecule has 0 aliphatic heterocycles. The molecule has 0 bridgehead atoms. The van der Waals surface area contributed by atoms with Gasteiger partial charge in [0.1, 0.15) is 5.75 Å². The molecule has 6 nitrogen and oxygen atoms in total. The number of benzene rings is 1. The highest BCUT2D eigenvalue weighted by Gasteiger charge is 2.03. The minimum Gasteiger partial charge on any atom is -0.484 e. The van der Waals surface area contributed by atoms with Gasteiger partial charge in [-0.25, -0.2) is 0 Å². The largest absolute Gasteiger partial charge is 0.484 e. The average molecular weight is 262 g/mol. The molecule has 1 amide bonds. The van der Waals surface area contributed by atoms with Gasteiger partial charge in [0.25, 0.3) is 5.91 Å². The Morgan fingerprint density at radius 2 is 2.00 bits per heavy atom. The molecule has 0 fully saturated rings. The van der Waals surface area contributed by atoms with Crippen molar-refractivity contribution in [1.82, 2.24) is 5.32 Å². The zero-order chi connectivity index (χ0) is 14.1. The molecule has 0 radical (unpaired) electrons. The number of nitriles is 1. The summed E-state index contributed by atoms with van der Waals surface area (Å²) in [6.45, 7) is 0.167. The van der Waals surface area contributed by atoms with Crippen LogP contribution in [-0.2, 0) is 9.59 Å². The number of rotatable bonds is 7. The van der Waals surface area contributed by atoms with Gasteiger partial charge in [-0.2, -0.15) is 5.26 Å². The highest BCUT2D eigenvalue weighted by atomic mass is 16.5. The van der Waals surface area contributed by atoms with Crippen molar-refractivity contribution in [2.75, 3.05) is 13.2 Å². The maximum Gasteiger partial charge on any atom is 0.303 e. The molecular weight excluding hydrogens is 248 g/mol. The van der Waals surface area contributed by atoms with Crippen LogP contribution < -0.4 is 10.1 Å². The quantitative estimate of drug-likeness (QED) is 0.712. The number of hydrogen-bond donors (Lipinski definition) is 2. The second-order valence-corrected chi connectivity index (χ2v) is 3.77. The van der Waals surface area contributed by atoms with Gasteiger partial charge < -0.3 is 15.2 Å². The summed E-state index contributed by atoms with van der Waals surface area (Å²) in [6.07, 6.45) is 0.411. The smallest absolute Gasteiger partial charge is 0.303 e. The lowest BCUT2D eigenvalue weighted by Crippen LogP contribution is -2.29. The van der Waals surface area contributed by atoms with Gasteiger partial charge in [0, 0.05) is 13.0 Å². The molecule has 0 aromatic heterocycles. The average Bonchev–Trinajstić information content (AvgIpc) is 2.41. The van der Waals surface area contributed by atoms with E-state index in [0.717, 1.165) is 0 Å². The van der Waals surface area contributed by atoms with Crippen molar-refractivity contribution in [3.8, 4) is 11.8 Å². The van der Waals surface area contributed by atoms with E-state index in [1.807, 2.05) is 6.07 Å². The van der Waals surface area contributed by atoms with Crippen molar-refractivity contribution in [3.05, 3.63) is 29.8 Å². The number of ether oxygens (including phenoxy) is 1. The first kappa shape index (κ1) is 14.5. The molecule has 0 spiro atoms. The summed E-state index contributed by atoms with van der Waals surface area (Å²) in [4.78, 5) is 21.6. The third-order valence-corrected chi connectivity index (χ3v) is 2.24. The lowest BCUT2D eigenvalue weighted by Gasteiger charge is -2.06. The van der Waals surface area contributed by atoms with Gasteiger partial charge in [-0.15, -0.1) is 0 Å². The molecule has 0 heterocycles. The maximum absolute atomic E-state index is 11.3. The maximum atomic E-state index is 11.3. The fraction of sp³-hybridized carbons (Fsp3) is 0.308. The Morgan fingerprint density at radius 1 is 1.32 bits per heavy atom. The van der Waals surface area contributed by atoms with E-state index in [1.165, 1.54) is 0 Å². The molecule has 0 saturated heterocycles. The van der Waals surface area contributed by atoms with Crippen LogP contribution in [0.3, 0.4) is 0 Å². The molecule has 1 aromatic rings. The normalized spacial score (nSPS) is 9.42. The van der Waals surface area contributed by atoms with Gasteiger partial charge in [0.05, 0.1) is 11.6 Å².